The minimum Gasteiger partial charge on any atom is -0.230 e. The highest BCUT2D eigenvalue weighted by atomic mass is 15.1. The third kappa shape index (κ3) is 5.86. The average molecular weight is 529 g/mol. The molecule has 40 heavy (non-hydrogen) atoms. The van der Waals surface area contributed by atoms with E-state index < -0.39 is 0 Å². The first-order valence-electron chi connectivity index (χ1n) is 14.7. The van der Waals surface area contributed by atoms with E-state index in [9.17, 15) is 0 Å². The normalized spacial score (nSPS) is 11.6. The summed E-state index contributed by atoms with van der Waals surface area (Å²) in [4.78, 5) is 0. The molecule has 0 unspecified atom stereocenters. The highest BCUT2D eigenvalue weighted by Crippen LogP contribution is 2.17. The Kier molecular flexibility index (Phi) is 7.76. The molecule has 0 atom stereocenters. The minimum atomic E-state index is 0.995. The average Bonchev–Trinajstić information content (AvgIpc) is 3.50. The Morgan fingerprint density at radius 2 is 0.950 bits per heavy atom. The summed E-state index contributed by atoms with van der Waals surface area (Å²) in [7, 11) is 0. The zero-order valence-electron chi connectivity index (χ0n) is 23.8. The maximum absolute atomic E-state index is 2.46. The van der Waals surface area contributed by atoms with Gasteiger partial charge in [0.2, 0.25) is 12.7 Å². The van der Waals surface area contributed by atoms with Gasteiger partial charge in [0, 0.05) is 12.8 Å². The van der Waals surface area contributed by atoms with Gasteiger partial charge in [0.25, 0.3) is 0 Å². The van der Waals surface area contributed by atoms with Crippen LogP contribution < -0.4 is 9.13 Å². The number of nitrogens with zero attached hydrogens (tertiary/aromatic N) is 4. The number of hydrogen-bond acceptors (Lipinski definition) is 0. The molecule has 6 rings (SSSR count). The molecule has 202 valence electrons. The van der Waals surface area contributed by atoms with Crippen molar-refractivity contribution in [2.24, 2.45) is 0 Å². The smallest absolute Gasteiger partial charge is 0.230 e. The molecule has 0 aliphatic carbocycles. The first kappa shape index (κ1) is 26.1. The summed E-state index contributed by atoms with van der Waals surface area (Å²) in [5.74, 6) is 0. The number of imidazole rings is 2. The van der Waals surface area contributed by atoms with Gasteiger partial charge in [-0.3, -0.25) is 0 Å². The van der Waals surface area contributed by atoms with Crippen LogP contribution in [0.2, 0.25) is 0 Å². The lowest BCUT2D eigenvalue weighted by Gasteiger charge is -2.00. The van der Waals surface area contributed by atoms with Crippen LogP contribution in [0.3, 0.4) is 0 Å². The van der Waals surface area contributed by atoms with Gasteiger partial charge in [0.15, 0.2) is 22.1 Å². The largest absolute Gasteiger partial charge is 0.244 e. The zero-order valence-corrected chi connectivity index (χ0v) is 23.8. The molecule has 0 aliphatic rings. The maximum Gasteiger partial charge on any atom is 0.244 e. The molecule has 0 spiro atoms. The third-order valence-electron chi connectivity index (χ3n) is 8.07. The van der Waals surface area contributed by atoms with Gasteiger partial charge in [0.1, 0.15) is 0 Å². The lowest BCUT2D eigenvalue weighted by molar-refractivity contribution is -0.684. The molecule has 0 N–H and O–H groups in total. The predicted molar refractivity (Wildman–Crippen MR) is 163 cm³/mol. The number of hydrogen-bond donors (Lipinski definition) is 0. The Hall–Kier alpha value is -4.18. The van der Waals surface area contributed by atoms with Crippen molar-refractivity contribution in [3.63, 3.8) is 0 Å². The van der Waals surface area contributed by atoms with Crippen molar-refractivity contribution in [2.75, 3.05) is 0 Å². The number of benzene rings is 4. The number of aromatic nitrogens is 4. The highest BCUT2D eigenvalue weighted by Gasteiger charge is 2.18. The molecule has 0 saturated carbocycles. The van der Waals surface area contributed by atoms with Crippen LogP contribution in [0.5, 0.6) is 0 Å². The van der Waals surface area contributed by atoms with E-state index >= 15 is 0 Å². The van der Waals surface area contributed by atoms with E-state index in [1.165, 1.54) is 44.3 Å². The van der Waals surface area contributed by atoms with E-state index in [2.05, 4.69) is 142 Å². The summed E-state index contributed by atoms with van der Waals surface area (Å²) in [6, 6.07) is 35.3. The Balaban J connectivity index is 1.14. The van der Waals surface area contributed by atoms with Crippen LogP contribution in [-0.4, -0.2) is 9.13 Å². The molecule has 0 radical (unpaired) electrons. The van der Waals surface area contributed by atoms with Gasteiger partial charge in [-0.15, -0.1) is 0 Å². The van der Waals surface area contributed by atoms with Crippen molar-refractivity contribution in [3.8, 4) is 0 Å². The highest BCUT2D eigenvalue weighted by molar-refractivity contribution is 5.73. The van der Waals surface area contributed by atoms with Gasteiger partial charge >= 0.3 is 0 Å². The fraction of sp³-hybridized carbons (Fsp3) is 0.278. The molecule has 2 aromatic heterocycles. The van der Waals surface area contributed by atoms with E-state index in [1.807, 2.05) is 0 Å². The predicted octanol–water partition coefficient (Wildman–Crippen LogP) is 6.75. The van der Waals surface area contributed by atoms with E-state index in [0.717, 1.165) is 51.9 Å². The van der Waals surface area contributed by atoms with Crippen LogP contribution in [0.1, 0.15) is 35.1 Å². The fourth-order valence-corrected chi connectivity index (χ4v) is 5.86. The Bertz CT molecular complexity index is 1580. The summed E-state index contributed by atoms with van der Waals surface area (Å²) in [6.45, 7) is 8.43. The molecule has 0 aliphatic heterocycles. The van der Waals surface area contributed by atoms with Crippen molar-refractivity contribution in [1.29, 1.82) is 0 Å². The van der Waals surface area contributed by atoms with Crippen LogP contribution in [0, 0.1) is 13.8 Å². The molecule has 0 fully saturated rings. The van der Waals surface area contributed by atoms with Crippen molar-refractivity contribution in [3.05, 3.63) is 132 Å². The number of aryl methyl sites for hydroxylation is 8. The van der Waals surface area contributed by atoms with Crippen molar-refractivity contribution in [2.45, 2.75) is 65.7 Å². The van der Waals surface area contributed by atoms with Gasteiger partial charge in [-0.2, -0.15) is 0 Å². The molecule has 0 saturated heterocycles. The summed E-state index contributed by atoms with van der Waals surface area (Å²) >= 11 is 0. The van der Waals surface area contributed by atoms with E-state index in [1.54, 1.807) is 0 Å². The van der Waals surface area contributed by atoms with Crippen LogP contribution in [0.15, 0.2) is 110 Å². The Labute approximate surface area is 237 Å². The van der Waals surface area contributed by atoms with E-state index in [0.29, 0.717) is 0 Å². The SMILES string of the molecule is Cc1ccc2c(c1)n(CCc1ccccc1)c[n+]2CCCC[n+]1cn(CCc2ccccc2)c2cc(C)ccc21. The second-order valence-electron chi connectivity index (χ2n) is 11.2. The van der Waals surface area contributed by atoms with Gasteiger partial charge in [0.05, 0.1) is 26.2 Å². The van der Waals surface area contributed by atoms with Gasteiger partial charge in [-0.25, -0.2) is 18.3 Å². The van der Waals surface area contributed by atoms with Crippen LogP contribution in [-0.2, 0) is 39.0 Å². The van der Waals surface area contributed by atoms with Crippen LogP contribution in [0.4, 0.5) is 0 Å². The summed E-state index contributed by atoms with van der Waals surface area (Å²) in [5, 5.41) is 0. The second kappa shape index (κ2) is 11.9. The van der Waals surface area contributed by atoms with Crippen molar-refractivity contribution in [1.82, 2.24) is 9.13 Å². The molecule has 6 aromatic rings. The second-order valence-corrected chi connectivity index (χ2v) is 11.2. The quantitative estimate of drug-likeness (QED) is 0.131. The van der Waals surface area contributed by atoms with E-state index in [-0.39, 0.29) is 0 Å². The summed E-state index contributed by atoms with van der Waals surface area (Å²) in [5.41, 5.74) is 10.7. The molecule has 4 heteroatoms. The molecule has 0 bridgehead atoms. The van der Waals surface area contributed by atoms with Crippen LogP contribution in [0.25, 0.3) is 22.1 Å². The zero-order chi connectivity index (χ0) is 27.3. The standard InChI is InChI=1S/C36H40N4/c1-29-15-17-33-35(25-29)39(23-19-31-11-5-3-6-12-31)27-37(33)21-9-10-22-38-28-40(24-20-32-13-7-4-8-14-32)36-26-30(2)16-18-34(36)38/h3-8,11-18,25-28H,9-10,19-24H2,1-2H3/q+2. The third-order valence-corrected chi connectivity index (χ3v) is 8.07. The topological polar surface area (TPSA) is 17.6 Å². The van der Waals surface area contributed by atoms with Crippen molar-refractivity contribution >= 4 is 22.1 Å². The number of unbranched alkanes of at least 4 members (excludes halogenated alkanes) is 1. The Morgan fingerprint density at radius 1 is 0.525 bits per heavy atom. The summed E-state index contributed by atoms with van der Waals surface area (Å²) < 4.78 is 9.79. The minimum absolute atomic E-state index is 0.995. The first-order chi connectivity index (χ1) is 19.6. The number of fused-ring (bicyclic) bond motifs is 2. The lowest BCUT2D eigenvalue weighted by Crippen LogP contribution is -2.35. The van der Waals surface area contributed by atoms with E-state index in [4.69, 9.17) is 0 Å². The van der Waals surface area contributed by atoms with Gasteiger partial charge in [-0.1, -0.05) is 72.8 Å². The molecule has 2 heterocycles. The van der Waals surface area contributed by atoms with Crippen LogP contribution >= 0.6 is 0 Å². The lowest BCUT2D eigenvalue weighted by atomic mass is 10.1. The molecule has 4 nitrogen and oxygen atoms in total. The summed E-state index contributed by atoms with van der Waals surface area (Å²) in [6.07, 6.45) is 9.04. The Morgan fingerprint density at radius 3 is 1.38 bits per heavy atom. The fourth-order valence-electron chi connectivity index (χ4n) is 5.86. The van der Waals surface area contributed by atoms with Crippen molar-refractivity contribution < 1.29 is 9.13 Å². The maximum atomic E-state index is 2.46. The molecular formula is C36H40N4+2. The molecule has 4 aromatic carbocycles. The monoisotopic (exact) mass is 528 g/mol. The number of rotatable bonds is 11. The first-order valence-corrected chi connectivity index (χ1v) is 14.7. The molecule has 0 amide bonds. The van der Waals surface area contributed by atoms with Gasteiger partial charge < -0.3 is 0 Å². The van der Waals surface area contributed by atoms with Gasteiger partial charge in [-0.05, 0) is 73.2 Å². The molecular weight excluding hydrogens is 488 g/mol.